The van der Waals surface area contributed by atoms with Gasteiger partial charge in [0, 0.05) is 10.8 Å². The molecule has 0 N–H and O–H groups in total. The molecule has 2 nitrogen and oxygen atoms in total. The smallest absolute Gasteiger partial charge is 0.178 e. The first-order chi connectivity index (χ1) is 6.31. The minimum Gasteiger partial charge on any atom is -0.295 e. The maximum absolute atomic E-state index is 10.5. The molecule has 1 aromatic heterocycles. The van der Waals surface area contributed by atoms with Gasteiger partial charge in [0.1, 0.15) is 0 Å². The number of hydrogen-bond donors (Lipinski definition) is 0. The number of thiazole rings is 1. The molecule has 0 bridgehead atoms. The van der Waals surface area contributed by atoms with Gasteiger partial charge in [-0.1, -0.05) is 12.8 Å². The van der Waals surface area contributed by atoms with Gasteiger partial charge in [0.25, 0.3) is 0 Å². The van der Waals surface area contributed by atoms with Crippen LogP contribution in [-0.2, 0) is 0 Å². The van der Waals surface area contributed by atoms with Crippen molar-refractivity contribution in [3.8, 4) is 0 Å². The first kappa shape index (κ1) is 8.88. The van der Waals surface area contributed by atoms with Crippen LogP contribution in [0.2, 0.25) is 0 Å². The van der Waals surface area contributed by atoms with Gasteiger partial charge in [-0.2, -0.15) is 0 Å². The molecular formula is C10H13NOS. The van der Waals surface area contributed by atoms with Gasteiger partial charge in [0.15, 0.2) is 11.3 Å². The van der Waals surface area contributed by atoms with Crippen molar-refractivity contribution in [2.45, 2.75) is 38.5 Å². The molecule has 0 atom stereocenters. The number of nitrogens with zero attached hydrogens (tertiary/aromatic N) is 1. The molecule has 0 radical (unpaired) electrons. The molecule has 1 heterocycles. The van der Waals surface area contributed by atoms with Crippen molar-refractivity contribution < 1.29 is 4.79 Å². The van der Waals surface area contributed by atoms with Crippen LogP contribution in [0.5, 0.6) is 0 Å². The number of aryl methyl sites for hydroxylation is 1. The topological polar surface area (TPSA) is 30.0 Å². The number of rotatable bonds is 2. The maximum Gasteiger partial charge on any atom is 0.178 e. The predicted octanol–water partition coefficient (Wildman–Crippen LogP) is 2.92. The normalized spacial score (nSPS) is 17.9. The van der Waals surface area contributed by atoms with Crippen molar-refractivity contribution >= 4 is 17.6 Å². The van der Waals surface area contributed by atoms with E-state index in [1.165, 1.54) is 47.6 Å². The predicted molar refractivity (Wildman–Crippen MR) is 53.4 cm³/mol. The van der Waals surface area contributed by atoms with Gasteiger partial charge in [0.05, 0.1) is 5.69 Å². The van der Waals surface area contributed by atoms with E-state index in [1.807, 2.05) is 0 Å². The second-order valence-corrected chi connectivity index (χ2v) is 4.83. The summed E-state index contributed by atoms with van der Waals surface area (Å²) in [6.45, 7) is 2.07. The van der Waals surface area contributed by atoms with E-state index in [1.54, 1.807) is 0 Å². The van der Waals surface area contributed by atoms with Gasteiger partial charge in [0.2, 0.25) is 0 Å². The second-order valence-electron chi connectivity index (χ2n) is 3.59. The van der Waals surface area contributed by atoms with Crippen LogP contribution in [0.15, 0.2) is 0 Å². The fourth-order valence-electron chi connectivity index (χ4n) is 2.06. The Hall–Kier alpha value is -0.700. The van der Waals surface area contributed by atoms with E-state index in [4.69, 9.17) is 0 Å². The summed E-state index contributed by atoms with van der Waals surface area (Å²) in [7, 11) is 0. The third-order valence-electron chi connectivity index (χ3n) is 2.69. The van der Waals surface area contributed by atoms with Crippen LogP contribution in [-0.4, -0.2) is 11.3 Å². The lowest BCUT2D eigenvalue weighted by molar-refractivity contribution is 0.112. The second kappa shape index (κ2) is 3.58. The maximum atomic E-state index is 10.5. The molecule has 0 aromatic carbocycles. The van der Waals surface area contributed by atoms with E-state index in [9.17, 15) is 4.79 Å². The number of carbonyl (C=O) groups excluding carboxylic acids is 1. The number of carbonyl (C=O) groups is 1. The van der Waals surface area contributed by atoms with E-state index in [-0.39, 0.29) is 0 Å². The summed E-state index contributed by atoms with van der Waals surface area (Å²) in [5.41, 5.74) is 1.18. The van der Waals surface area contributed by atoms with Gasteiger partial charge >= 0.3 is 0 Å². The van der Waals surface area contributed by atoms with Gasteiger partial charge in [-0.3, -0.25) is 4.79 Å². The van der Waals surface area contributed by atoms with Crippen molar-refractivity contribution in [3.05, 3.63) is 15.6 Å². The highest BCUT2D eigenvalue weighted by molar-refractivity contribution is 7.13. The molecule has 3 heteroatoms. The summed E-state index contributed by atoms with van der Waals surface area (Å²) in [5, 5.41) is 0.638. The lowest BCUT2D eigenvalue weighted by atomic mass is 10.0. The lowest BCUT2D eigenvalue weighted by Crippen LogP contribution is -1.94. The quantitative estimate of drug-likeness (QED) is 0.679. The molecule has 70 valence electrons. The highest BCUT2D eigenvalue weighted by Gasteiger charge is 2.21. The van der Waals surface area contributed by atoms with Crippen LogP contribution < -0.4 is 0 Å². The summed E-state index contributed by atoms with van der Waals surface area (Å²) in [5.74, 6) is 0.630. The van der Waals surface area contributed by atoms with E-state index >= 15 is 0 Å². The summed E-state index contributed by atoms with van der Waals surface area (Å²) < 4.78 is 0. The Morgan fingerprint density at radius 2 is 2.15 bits per heavy atom. The van der Waals surface area contributed by atoms with Crippen LogP contribution in [0, 0.1) is 6.92 Å². The zero-order valence-electron chi connectivity index (χ0n) is 7.75. The van der Waals surface area contributed by atoms with Crippen molar-refractivity contribution in [2.75, 3.05) is 0 Å². The molecule has 1 saturated carbocycles. The van der Waals surface area contributed by atoms with Crippen LogP contribution in [0.1, 0.15) is 52.0 Å². The Kier molecular flexibility index (Phi) is 2.44. The average Bonchev–Trinajstić information content (AvgIpc) is 2.72. The minimum atomic E-state index is 0.630. The summed E-state index contributed by atoms with van der Waals surface area (Å²) in [6, 6.07) is 0. The van der Waals surface area contributed by atoms with Gasteiger partial charge in [-0.25, -0.2) is 4.98 Å². The minimum absolute atomic E-state index is 0.630. The van der Waals surface area contributed by atoms with Crippen molar-refractivity contribution in [3.63, 3.8) is 0 Å². The Labute approximate surface area is 82.0 Å². The number of aldehydes is 1. The Morgan fingerprint density at radius 1 is 1.46 bits per heavy atom. The number of aromatic nitrogens is 1. The summed E-state index contributed by atoms with van der Waals surface area (Å²) in [4.78, 5) is 16.1. The van der Waals surface area contributed by atoms with E-state index in [0.29, 0.717) is 10.9 Å². The molecule has 1 aliphatic carbocycles. The van der Waals surface area contributed by atoms with Crippen LogP contribution in [0.4, 0.5) is 0 Å². The first-order valence-electron chi connectivity index (χ1n) is 4.74. The van der Waals surface area contributed by atoms with Gasteiger partial charge in [-0.05, 0) is 19.8 Å². The molecule has 2 rings (SSSR count). The Morgan fingerprint density at radius 3 is 2.69 bits per heavy atom. The zero-order valence-corrected chi connectivity index (χ0v) is 8.56. The molecular weight excluding hydrogens is 182 g/mol. The SMILES string of the molecule is Cc1sc(C=O)nc1C1CCCC1. The molecule has 0 saturated heterocycles. The first-order valence-corrected chi connectivity index (χ1v) is 5.55. The van der Waals surface area contributed by atoms with Crippen LogP contribution in [0.3, 0.4) is 0 Å². The van der Waals surface area contributed by atoms with Crippen molar-refractivity contribution in [1.29, 1.82) is 0 Å². The average molecular weight is 195 g/mol. The number of hydrogen-bond acceptors (Lipinski definition) is 3. The molecule has 1 aromatic rings. The highest BCUT2D eigenvalue weighted by atomic mass is 32.1. The monoisotopic (exact) mass is 195 g/mol. The standard InChI is InChI=1S/C10H13NOS/c1-7-10(8-4-2-3-5-8)11-9(6-12)13-7/h6,8H,2-5H2,1H3. The van der Waals surface area contributed by atoms with Crippen LogP contribution >= 0.6 is 11.3 Å². The third kappa shape index (κ3) is 1.66. The van der Waals surface area contributed by atoms with Crippen LogP contribution in [0.25, 0.3) is 0 Å². The molecule has 0 spiro atoms. The molecule has 13 heavy (non-hydrogen) atoms. The largest absolute Gasteiger partial charge is 0.295 e. The van der Waals surface area contributed by atoms with Gasteiger partial charge in [-0.15, -0.1) is 11.3 Å². The van der Waals surface area contributed by atoms with Crippen molar-refractivity contribution in [2.24, 2.45) is 0 Å². The molecule has 0 aliphatic heterocycles. The summed E-state index contributed by atoms with van der Waals surface area (Å²) in [6.07, 6.45) is 6.00. The fraction of sp³-hybridized carbons (Fsp3) is 0.600. The van der Waals surface area contributed by atoms with E-state index in [2.05, 4.69) is 11.9 Å². The lowest BCUT2D eigenvalue weighted by Gasteiger charge is -2.05. The Balaban J connectivity index is 2.27. The highest BCUT2D eigenvalue weighted by Crippen LogP contribution is 2.36. The molecule has 1 fully saturated rings. The van der Waals surface area contributed by atoms with E-state index < -0.39 is 0 Å². The third-order valence-corrected chi connectivity index (χ3v) is 3.60. The van der Waals surface area contributed by atoms with E-state index in [0.717, 1.165) is 6.29 Å². The van der Waals surface area contributed by atoms with Gasteiger partial charge < -0.3 is 0 Å². The summed E-state index contributed by atoms with van der Waals surface area (Å²) >= 11 is 1.52. The molecule has 0 amide bonds. The zero-order chi connectivity index (χ0) is 9.26. The molecule has 1 aliphatic rings. The molecule has 0 unspecified atom stereocenters. The fourth-order valence-corrected chi connectivity index (χ4v) is 2.88. The van der Waals surface area contributed by atoms with Crippen molar-refractivity contribution in [1.82, 2.24) is 4.98 Å². The Bertz CT molecular complexity index is 313.